The Morgan fingerprint density at radius 3 is 2.58 bits per heavy atom. The molecule has 0 heterocycles. The average molecular weight is 329 g/mol. The van der Waals surface area contributed by atoms with Crippen LogP contribution >= 0.6 is 0 Å². The summed E-state index contributed by atoms with van der Waals surface area (Å²) in [5.74, 6) is 1.67. The van der Waals surface area contributed by atoms with Gasteiger partial charge in [-0.1, -0.05) is 19.4 Å². The molecule has 0 radical (unpaired) electrons. The molecule has 0 spiro atoms. The van der Waals surface area contributed by atoms with Crippen molar-refractivity contribution in [3.63, 3.8) is 0 Å². The van der Waals surface area contributed by atoms with Crippen molar-refractivity contribution in [2.75, 3.05) is 26.1 Å². The van der Waals surface area contributed by atoms with Gasteiger partial charge in [0.25, 0.3) is 5.91 Å². The lowest BCUT2D eigenvalue weighted by atomic mass is 10.2. The predicted molar refractivity (Wildman–Crippen MR) is 94.3 cm³/mol. The number of carbonyl (C=O) groups excluding carboxylic acids is 1. The number of rotatable bonds is 8. The third kappa shape index (κ3) is 4.65. The number of unbranched alkanes of at least 4 members (excludes halogenated alkanes) is 1. The molecular formula is C19H23NO4. The minimum atomic E-state index is -0.223. The Kier molecular flexibility index (Phi) is 6.49. The number of benzene rings is 2. The second-order valence-corrected chi connectivity index (χ2v) is 5.25. The first-order valence-electron chi connectivity index (χ1n) is 7.94. The Balaban J connectivity index is 2.11. The Morgan fingerprint density at radius 2 is 1.88 bits per heavy atom. The Morgan fingerprint density at radius 1 is 1.04 bits per heavy atom. The Bertz CT molecular complexity index is 685. The average Bonchev–Trinajstić information content (AvgIpc) is 2.62. The summed E-state index contributed by atoms with van der Waals surface area (Å²) in [6, 6.07) is 12.4. The smallest absolute Gasteiger partial charge is 0.255 e. The van der Waals surface area contributed by atoms with E-state index in [1.165, 1.54) is 0 Å². The van der Waals surface area contributed by atoms with E-state index >= 15 is 0 Å². The van der Waals surface area contributed by atoms with Crippen LogP contribution in [0.3, 0.4) is 0 Å². The quantitative estimate of drug-likeness (QED) is 0.740. The van der Waals surface area contributed by atoms with Crippen molar-refractivity contribution in [2.45, 2.75) is 19.8 Å². The number of ether oxygens (including phenoxy) is 3. The lowest BCUT2D eigenvalue weighted by Crippen LogP contribution is -2.13. The van der Waals surface area contributed by atoms with Crippen LogP contribution in [0.2, 0.25) is 0 Å². The summed E-state index contributed by atoms with van der Waals surface area (Å²) >= 11 is 0. The van der Waals surface area contributed by atoms with E-state index in [4.69, 9.17) is 14.2 Å². The molecule has 1 N–H and O–H groups in total. The number of amides is 1. The summed E-state index contributed by atoms with van der Waals surface area (Å²) in [5.41, 5.74) is 1.11. The van der Waals surface area contributed by atoms with Crippen molar-refractivity contribution in [3.05, 3.63) is 48.0 Å². The van der Waals surface area contributed by atoms with Crippen LogP contribution in [0, 0.1) is 0 Å². The Hall–Kier alpha value is -2.69. The van der Waals surface area contributed by atoms with Crippen LogP contribution in [0.4, 0.5) is 5.69 Å². The molecule has 0 aromatic heterocycles. The van der Waals surface area contributed by atoms with E-state index in [1.54, 1.807) is 50.6 Å². The monoisotopic (exact) mass is 329 g/mol. The fourth-order valence-corrected chi connectivity index (χ4v) is 2.16. The number of hydrogen-bond donors (Lipinski definition) is 1. The van der Waals surface area contributed by atoms with Gasteiger partial charge in [0, 0.05) is 11.6 Å². The Labute approximate surface area is 142 Å². The van der Waals surface area contributed by atoms with Gasteiger partial charge >= 0.3 is 0 Å². The molecule has 128 valence electrons. The van der Waals surface area contributed by atoms with Crippen LogP contribution in [0.25, 0.3) is 0 Å². The molecular weight excluding hydrogens is 306 g/mol. The van der Waals surface area contributed by atoms with Gasteiger partial charge in [0.05, 0.1) is 26.5 Å². The van der Waals surface area contributed by atoms with Crippen molar-refractivity contribution in [1.82, 2.24) is 0 Å². The first-order chi connectivity index (χ1) is 11.7. The molecule has 5 nitrogen and oxygen atoms in total. The van der Waals surface area contributed by atoms with E-state index in [2.05, 4.69) is 12.2 Å². The molecule has 0 aliphatic rings. The number of methoxy groups -OCH3 is 2. The second kappa shape index (κ2) is 8.82. The highest BCUT2D eigenvalue weighted by Gasteiger charge is 2.11. The van der Waals surface area contributed by atoms with Crippen molar-refractivity contribution in [3.8, 4) is 17.2 Å². The van der Waals surface area contributed by atoms with E-state index in [1.807, 2.05) is 6.07 Å². The van der Waals surface area contributed by atoms with Gasteiger partial charge in [-0.3, -0.25) is 4.79 Å². The molecule has 0 aliphatic carbocycles. The molecule has 5 heteroatoms. The maximum atomic E-state index is 12.5. The molecule has 2 aromatic carbocycles. The minimum absolute atomic E-state index is 0.223. The number of hydrogen-bond acceptors (Lipinski definition) is 4. The standard InChI is InChI=1S/C19H23NO4/c1-4-5-11-24-16-8-6-7-14(12-16)19(21)20-17-10-9-15(22-2)13-18(17)23-3/h6-10,12-13H,4-5,11H2,1-3H3,(H,20,21). The zero-order chi connectivity index (χ0) is 17.4. The number of anilines is 1. The third-order valence-electron chi connectivity index (χ3n) is 3.52. The molecule has 0 fully saturated rings. The zero-order valence-corrected chi connectivity index (χ0v) is 14.3. The lowest BCUT2D eigenvalue weighted by Gasteiger charge is -2.12. The van der Waals surface area contributed by atoms with Gasteiger partial charge in [-0.25, -0.2) is 0 Å². The van der Waals surface area contributed by atoms with E-state index in [-0.39, 0.29) is 5.91 Å². The first-order valence-corrected chi connectivity index (χ1v) is 7.94. The minimum Gasteiger partial charge on any atom is -0.497 e. The van der Waals surface area contributed by atoms with Crippen LogP contribution in [-0.4, -0.2) is 26.7 Å². The molecule has 1 amide bonds. The predicted octanol–water partition coefficient (Wildman–Crippen LogP) is 4.14. The van der Waals surface area contributed by atoms with Crippen LogP contribution in [0.15, 0.2) is 42.5 Å². The van der Waals surface area contributed by atoms with Gasteiger partial charge < -0.3 is 19.5 Å². The van der Waals surface area contributed by atoms with Crippen LogP contribution in [0.5, 0.6) is 17.2 Å². The fraction of sp³-hybridized carbons (Fsp3) is 0.316. The molecule has 2 aromatic rings. The lowest BCUT2D eigenvalue weighted by molar-refractivity contribution is 0.102. The number of nitrogens with one attached hydrogen (secondary N) is 1. The summed E-state index contributed by atoms with van der Waals surface area (Å²) in [4.78, 5) is 12.5. The third-order valence-corrected chi connectivity index (χ3v) is 3.52. The normalized spacial score (nSPS) is 10.1. The molecule has 0 atom stereocenters. The van der Waals surface area contributed by atoms with E-state index < -0.39 is 0 Å². The van der Waals surface area contributed by atoms with Crippen LogP contribution < -0.4 is 19.5 Å². The molecule has 0 unspecified atom stereocenters. The summed E-state index contributed by atoms with van der Waals surface area (Å²) < 4.78 is 16.1. The first kappa shape index (κ1) is 17.7. The number of carbonyl (C=O) groups is 1. The summed E-state index contributed by atoms with van der Waals surface area (Å²) in [7, 11) is 3.13. The van der Waals surface area contributed by atoms with E-state index in [9.17, 15) is 4.79 Å². The molecule has 0 saturated heterocycles. The van der Waals surface area contributed by atoms with Crippen molar-refractivity contribution < 1.29 is 19.0 Å². The molecule has 24 heavy (non-hydrogen) atoms. The highest BCUT2D eigenvalue weighted by molar-refractivity contribution is 6.05. The van der Waals surface area contributed by atoms with E-state index in [0.717, 1.165) is 12.8 Å². The summed E-state index contributed by atoms with van der Waals surface area (Å²) in [6.07, 6.45) is 2.05. The molecule has 0 aliphatic heterocycles. The highest BCUT2D eigenvalue weighted by Crippen LogP contribution is 2.29. The SMILES string of the molecule is CCCCOc1cccc(C(=O)Nc2ccc(OC)cc2OC)c1. The van der Waals surface area contributed by atoms with Gasteiger partial charge in [0.2, 0.25) is 0 Å². The highest BCUT2D eigenvalue weighted by atomic mass is 16.5. The maximum Gasteiger partial charge on any atom is 0.255 e. The zero-order valence-electron chi connectivity index (χ0n) is 14.3. The van der Waals surface area contributed by atoms with Gasteiger partial charge in [0.1, 0.15) is 17.2 Å². The molecule has 0 saturated carbocycles. The van der Waals surface area contributed by atoms with Crippen molar-refractivity contribution in [1.29, 1.82) is 0 Å². The van der Waals surface area contributed by atoms with Crippen molar-refractivity contribution in [2.24, 2.45) is 0 Å². The van der Waals surface area contributed by atoms with Gasteiger partial charge in [0.15, 0.2) is 0 Å². The summed E-state index contributed by atoms with van der Waals surface area (Å²) in [6.45, 7) is 2.75. The maximum absolute atomic E-state index is 12.5. The topological polar surface area (TPSA) is 56.8 Å². The molecule has 2 rings (SSSR count). The van der Waals surface area contributed by atoms with Gasteiger partial charge in [-0.2, -0.15) is 0 Å². The van der Waals surface area contributed by atoms with Crippen molar-refractivity contribution >= 4 is 11.6 Å². The van der Waals surface area contributed by atoms with Gasteiger partial charge in [-0.05, 0) is 36.8 Å². The fourth-order valence-electron chi connectivity index (χ4n) is 2.16. The van der Waals surface area contributed by atoms with Gasteiger partial charge in [-0.15, -0.1) is 0 Å². The second-order valence-electron chi connectivity index (χ2n) is 5.25. The van der Waals surface area contributed by atoms with Crippen LogP contribution in [0.1, 0.15) is 30.1 Å². The molecule has 0 bridgehead atoms. The summed E-state index contributed by atoms with van der Waals surface area (Å²) in [5, 5.41) is 2.85. The van der Waals surface area contributed by atoms with Crippen LogP contribution in [-0.2, 0) is 0 Å². The largest absolute Gasteiger partial charge is 0.497 e. The van der Waals surface area contributed by atoms with E-state index in [0.29, 0.717) is 35.1 Å².